The molecule has 110 valence electrons. The van der Waals surface area contributed by atoms with Gasteiger partial charge in [-0.05, 0) is 37.6 Å². The average molecular weight is 277 g/mol. The molecule has 1 aromatic rings. The normalized spacial score (nSPS) is 19.9. The Morgan fingerprint density at radius 3 is 3.00 bits per heavy atom. The third kappa shape index (κ3) is 3.71. The van der Waals surface area contributed by atoms with Crippen LogP contribution in [0.1, 0.15) is 31.9 Å². The second-order valence-electron chi connectivity index (χ2n) is 5.22. The number of urea groups is 1. The van der Waals surface area contributed by atoms with E-state index in [1.54, 1.807) is 4.90 Å². The van der Waals surface area contributed by atoms with Gasteiger partial charge in [-0.2, -0.15) is 0 Å². The first-order chi connectivity index (χ1) is 9.60. The third-order valence-corrected chi connectivity index (χ3v) is 3.60. The van der Waals surface area contributed by atoms with Crippen LogP contribution in [0.5, 0.6) is 0 Å². The van der Waals surface area contributed by atoms with E-state index in [1.807, 2.05) is 24.3 Å². The van der Waals surface area contributed by atoms with Crippen LogP contribution in [0.3, 0.4) is 0 Å². The number of hydrogen-bond donors (Lipinski definition) is 3. The first-order valence-corrected chi connectivity index (χ1v) is 7.17. The molecule has 1 fully saturated rings. The lowest BCUT2D eigenvalue weighted by Gasteiger charge is -2.18. The molecule has 5 nitrogen and oxygen atoms in total. The predicted octanol–water partition coefficient (Wildman–Crippen LogP) is 1.96. The molecule has 1 aromatic carbocycles. The van der Waals surface area contributed by atoms with Gasteiger partial charge in [-0.1, -0.05) is 19.1 Å². The van der Waals surface area contributed by atoms with Gasteiger partial charge in [-0.15, -0.1) is 0 Å². The summed E-state index contributed by atoms with van der Waals surface area (Å²) in [6.45, 7) is 6.10. The molecule has 0 aromatic heterocycles. The molecule has 2 unspecified atom stereocenters. The van der Waals surface area contributed by atoms with Crippen LogP contribution in [-0.2, 0) is 0 Å². The molecule has 2 amide bonds. The predicted molar refractivity (Wildman–Crippen MR) is 79.7 cm³/mol. The fourth-order valence-corrected chi connectivity index (χ4v) is 2.44. The largest absolute Gasteiger partial charge is 0.391 e. The molecule has 2 atom stereocenters. The summed E-state index contributed by atoms with van der Waals surface area (Å²) in [6.07, 6.45) is 0.270. The number of likely N-dealkylation sites (tertiary alicyclic amines) is 1. The van der Waals surface area contributed by atoms with Gasteiger partial charge in [-0.25, -0.2) is 4.79 Å². The number of aliphatic hydroxyl groups is 1. The van der Waals surface area contributed by atoms with Crippen molar-refractivity contribution < 1.29 is 9.90 Å². The number of β-amino-alcohol motifs (C(OH)–C–C–N with tert-alkyl or cyclic N) is 1. The van der Waals surface area contributed by atoms with Crippen molar-refractivity contribution in [2.75, 3.05) is 25.0 Å². The number of benzene rings is 1. The smallest absolute Gasteiger partial charge is 0.321 e. The van der Waals surface area contributed by atoms with Crippen LogP contribution in [0.15, 0.2) is 24.3 Å². The van der Waals surface area contributed by atoms with Gasteiger partial charge in [0.05, 0.1) is 6.10 Å². The Morgan fingerprint density at radius 1 is 1.55 bits per heavy atom. The number of rotatable bonds is 4. The number of anilines is 1. The number of amides is 2. The van der Waals surface area contributed by atoms with Gasteiger partial charge in [-0.3, -0.25) is 0 Å². The molecular formula is C15H23N3O2. The van der Waals surface area contributed by atoms with Crippen molar-refractivity contribution in [3.05, 3.63) is 29.8 Å². The van der Waals surface area contributed by atoms with Crippen LogP contribution in [0.25, 0.3) is 0 Å². The number of nitrogens with zero attached hydrogens (tertiary/aromatic N) is 1. The van der Waals surface area contributed by atoms with Gasteiger partial charge >= 0.3 is 6.03 Å². The van der Waals surface area contributed by atoms with E-state index in [-0.39, 0.29) is 18.2 Å². The highest BCUT2D eigenvalue weighted by atomic mass is 16.3. The maximum absolute atomic E-state index is 12.1. The standard InChI is InChI=1S/C15H23N3O2/c1-3-16-11(2)12-5-4-6-13(9-12)17-15(20)18-8-7-14(19)10-18/h4-6,9,11,14,16,19H,3,7-8,10H2,1-2H3,(H,17,20). The molecule has 1 saturated heterocycles. The van der Waals surface area contributed by atoms with E-state index in [9.17, 15) is 9.90 Å². The highest BCUT2D eigenvalue weighted by Gasteiger charge is 2.24. The minimum atomic E-state index is -0.388. The summed E-state index contributed by atoms with van der Waals surface area (Å²) in [7, 11) is 0. The van der Waals surface area contributed by atoms with Crippen LogP contribution in [0, 0.1) is 0 Å². The van der Waals surface area contributed by atoms with Crippen molar-refractivity contribution in [2.45, 2.75) is 32.4 Å². The Bertz CT molecular complexity index is 464. The number of carbonyl (C=O) groups is 1. The van der Waals surface area contributed by atoms with Crippen LogP contribution >= 0.6 is 0 Å². The lowest BCUT2D eigenvalue weighted by molar-refractivity contribution is 0.176. The molecular weight excluding hydrogens is 254 g/mol. The second kappa shape index (κ2) is 6.72. The maximum atomic E-state index is 12.1. The zero-order chi connectivity index (χ0) is 14.5. The van der Waals surface area contributed by atoms with E-state index in [0.717, 1.165) is 17.8 Å². The van der Waals surface area contributed by atoms with Crippen molar-refractivity contribution >= 4 is 11.7 Å². The lowest BCUT2D eigenvalue weighted by Crippen LogP contribution is -2.33. The monoisotopic (exact) mass is 277 g/mol. The van der Waals surface area contributed by atoms with E-state index in [1.165, 1.54) is 0 Å². The van der Waals surface area contributed by atoms with E-state index in [2.05, 4.69) is 24.5 Å². The summed E-state index contributed by atoms with van der Waals surface area (Å²) in [4.78, 5) is 13.7. The fourth-order valence-electron chi connectivity index (χ4n) is 2.44. The van der Waals surface area contributed by atoms with Crippen molar-refractivity contribution in [1.82, 2.24) is 10.2 Å². The second-order valence-corrected chi connectivity index (χ2v) is 5.22. The number of aliphatic hydroxyl groups excluding tert-OH is 1. The van der Waals surface area contributed by atoms with E-state index < -0.39 is 0 Å². The zero-order valence-corrected chi connectivity index (χ0v) is 12.1. The molecule has 0 saturated carbocycles. The highest BCUT2D eigenvalue weighted by Crippen LogP contribution is 2.18. The number of hydrogen-bond acceptors (Lipinski definition) is 3. The summed E-state index contributed by atoms with van der Waals surface area (Å²) >= 11 is 0. The summed E-state index contributed by atoms with van der Waals surface area (Å²) < 4.78 is 0. The zero-order valence-electron chi connectivity index (χ0n) is 12.1. The molecule has 3 N–H and O–H groups in total. The molecule has 1 aliphatic heterocycles. The van der Waals surface area contributed by atoms with E-state index >= 15 is 0 Å². The Hall–Kier alpha value is -1.59. The Labute approximate surface area is 120 Å². The Kier molecular flexibility index (Phi) is 4.98. The van der Waals surface area contributed by atoms with Gasteiger partial charge in [0, 0.05) is 24.8 Å². The van der Waals surface area contributed by atoms with E-state index in [0.29, 0.717) is 19.5 Å². The summed E-state index contributed by atoms with van der Waals surface area (Å²) in [6, 6.07) is 7.96. The molecule has 0 aliphatic carbocycles. The van der Waals surface area contributed by atoms with Crippen molar-refractivity contribution in [3.8, 4) is 0 Å². The van der Waals surface area contributed by atoms with Gasteiger partial charge in [0.2, 0.25) is 0 Å². The Balaban J connectivity index is 1.99. The van der Waals surface area contributed by atoms with Crippen LogP contribution in [0.4, 0.5) is 10.5 Å². The molecule has 1 aliphatic rings. The topological polar surface area (TPSA) is 64.6 Å². The van der Waals surface area contributed by atoms with Crippen molar-refractivity contribution in [2.24, 2.45) is 0 Å². The van der Waals surface area contributed by atoms with Gasteiger partial charge in [0.15, 0.2) is 0 Å². The van der Waals surface area contributed by atoms with Crippen LogP contribution in [0.2, 0.25) is 0 Å². The molecule has 2 rings (SSSR count). The highest BCUT2D eigenvalue weighted by molar-refractivity contribution is 5.89. The SMILES string of the molecule is CCNC(C)c1cccc(NC(=O)N2CCC(O)C2)c1. The molecule has 5 heteroatoms. The quantitative estimate of drug-likeness (QED) is 0.788. The maximum Gasteiger partial charge on any atom is 0.321 e. The lowest BCUT2D eigenvalue weighted by atomic mass is 10.1. The Morgan fingerprint density at radius 2 is 2.35 bits per heavy atom. The molecule has 0 bridgehead atoms. The fraction of sp³-hybridized carbons (Fsp3) is 0.533. The molecule has 0 spiro atoms. The van der Waals surface area contributed by atoms with Crippen molar-refractivity contribution in [1.29, 1.82) is 0 Å². The van der Waals surface area contributed by atoms with Crippen LogP contribution < -0.4 is 10.6 Å². The molecule has 20 heavy (non-hydrogen) atoms. The molecule has 1 heterocycles. The first-order valence-electron chi connectivity index (χ1n) is 7.17. The minimum absolute atomic E-state index is 0.144. The van der Waals surface area contributed by atoms with Gasteiger partial charge in [0.25, 0.3) is 0 Å². The van der Waals surface area contributed by atoms with E-state index in [4.69, 9.17) is 0 Å². The first kappa shape index (κ1) is 14.8. The van der Waals surface area contributed by atoms with Crippen molar-refractivity contribution in [3.63, 3.8) is 0 Å². The number of carbonyl (C=O) groups excluding carboxylic acids is 1. The van der Waals surface area contributed by atoms with Gasteiger partial charge < -0.3 is 20.6 Å². The van der Waals surface area contributed by atoms with Gasteiger partial charge in [0.1, 0.15) is 0 Å². The average Bonchev–Trinajstić information content (AvgIpc) is 2.86. The summed E-state index contributed by atoms with van der Waals surface area (Å²) in [5.74, 6) is 0. The minimum Gasteiger partial charge on any atom is -0.391 e. The van der Waals surface area contributed by atoms with Crippen LogP contribution in [-0.4, -0.2) is 41.8 Å². The third-order valence-electron chi connectivity index (χ3n) is 3.60. The molecule has 0 radical (unpaired) electrons. The summed E-state index contributed by atoms with van der Waals surface area (Å²) in [5, 5.41) is 15.7. The number of nitrogens with one attached hydrogen (secondary N) is 2. The summed E-state index contributed by atoms with van der Waals surface area (Å²) in [5.41, 5.74) is 1.93.